The molecule has 0 aliphatic rings. The van der Waals surface area contributed by atoms with Crippen LogP contribution < -0.4 is 0 Å². The van der Waals surface area contributed by atoms with Gasteiger partial charge in [-0.1, -0.05) is 157 Å². The minimum absolute atomic E-state index is 0.00324. The summed E-state index contributed by atoms with van der Waals surface area (Å²) in [6.07, 6.45) is 0. The van der Waals surface area contributed by atoms with E-state index in [1.807, 2.05) is 36.4 Å². The molecule has 0 N–H and O–H groups in total. The lowest BCUT2D eigenvalue weighted by Gasteiger charge is -2.14. The molecule has 0 saturated heterocycles. The maximum Gasteiger partial charge on any atom is 0.0645 e. The average molecular weight is 764 g/mol. The van der Waals surface area contributed by atoms with Crippen LogP contribution in [0, 0.1) is 0 Å². The molecule has 0 bridgehead atoms. The van der Waals surface area contributed by atoms with Gasteiger partial charge >= 0.3 is 0 Å². The number of fused-ring (bicyclic) bond motifs is 9. The van der Waals surface area contributed by atoms with Crippen molar-refractivity contribution in [1.29, 1.82) is 0 Å². The van der Waals surface area contributed by atoms with Crippen molar-refractivity contribution in [2.24, 2.45) is 0 Å². The molecular weight excluding hydrogens is 709 g/mol. The second-order valence-corrected chi connectivity index (χ2v) is 14.3. The predicted octanol–water partition coefficient (Wildman–Crippen LogP) is 15.2. The smallest absolute Gasteiger partial charge is 0.0645 e. The first-order chi connectivity index (χ1) is 37.0. The van der Waals surface area contributed by atoms with Crippen molar-refractivity contribution < 1.29 is 28.8 Å². The molecule has 9 aromatic carbocycles. The van der Waals surface area contributed by atoms with E-state index < -0.39 is 114 Å². The maximum atomic E-state index is 10.2. The Kier molecular flexibility index (Phi) is 3.94. The van der Waals surface area contributed by atoms with Crippen molar-refractivity contribution in [2.75, 3.05) is 0 Å². The Labute approximate surface area is 363 Å². The highest BCUT2D eigenvalue weighted by molar-refractivity contribution is 7.26. The zero-order chi connectivity index (χ0) is 55.7. The Morgan fingerprint density at radius 1 is 0.421 bits per heavy atom. The van der Waals surface area contributed by atoms with E-state index in [1.54, 1.807) is 22.8 Å². The van der Waals surface area contributed by atoms with Gasteiger partial charge in [-0.15, -0.1) is 11.3 Å². The van der Waals surface area contributed by atoms with E-state index in [-0.39, 0.29) is 104 Å². The Bertz CT molecular complexity index is 4720. The molecule has 0 saturated carbocycles. The summed E-state index contributed by atoms with van der Waals surface area (Å²) in [7, 11) is 0. The number of hydrogen-bond donors (Lipinski definition) is 0. The van der Waals surface area contributed by atoms with E-state index in [2.05, 4.69) is 0 Å². The molecule has 0 amide bonds. The van der Waals surface area contributed by atoms with Crippen LogP contribution in [0.15, 0.2) is 206 Å². The van der Waals surface area contributed by atoms with Crippen LogP contribution in [0.25, 0.3) is 109 Å². The normalized spacial score (nSPS) is 17.0. The second kappa shape index (κ2) is 12.7. The van der Waals surface area contributed by atoms with Crippen molar-refractivity contribution in [3.63, 3.8) is 0 Å². The topological polar surface area (TPSA) is 9.86 Å². The minimum Gasteiger partial charge on any atom is -0.309 e. The van der Waals surface area contributed by atoms with Crippen LogP contribution >= 0.6 is 11.3 Å². The van der Waals surface area contributed by atoms with Gasteiger partial charge in [0.1, 0.15) is 0 Å². The Balaban J connectivity index is 1.25. The molecule has 0 aliphatic heterocycles. The number of hydrogen-bond acceptors (Lipinski definition) is 1. The van der Waals surface area contributed by atoms with Crippen molar-refractivity contribution in [2.45, 2.75) is 0 Å². The molecule has 0 aliphatic carbocycles. The fraction of sp³-hybridized carbons (Fsp3) is 0. The van der Waals surface area contributed by atoms with Gasteiger partial charge in [0.2, 0.25) is 0 Å². The molecule has 3 heteroatoms. The third kappa shape index (κ3) is 4.89. The summed E-state index contributed by atoms with van der Waals surface area (Å²) >= 11 is 0.823. The van der Waals surface area contributed by atoms with Crippen LogP contribution in [0.5, 0.6) is 0 Å². The Morgan fingerprint density at radius 2 is 1.21 bits per heavy atom. The highest BCUT2D eigenvalue weighted by atomic mass is 32.1. The number of benzene rings is 9. The van der Waals surface area contributed by atoms with E-state index in [0.29, 0.717) is 5.69 Å². The van der Waals surface area contributed by atoms with Gasteiger partial charge in [0.05, 0.1) is 61.2 Å². The van der Waals surface area contributed by atoms with Crippen molar-refractivity contribution in [1.82, 2.24) is 9.13 Å². The van der Waals surface area contributed by atoms with Gasteiger partial charge in [0, 0.05) is 48.3 Å². The first-order valence-corrected chi connectivity index (χ1v) is 18.6. The van der Waals surface area contributed by atoms with Gasteiger partial charge in [-0.2, -0.15) is 0 Å². The first-order valence-electron chi connectivity index (χ1n) is 28.3. The number of rotatable bonds is 5. The molecule has 0 fully saturated rings. The number of nitrogens with zero attached hydrogens (tertiary/aromatic N) is 2. The summed E-state index contributed by atoms with van der Waals surface area (Å²) in [6.45, 7) is 0. The van der Waals surface area contributed by atoms with E-state index in [0.717, 1.165) is 22.5 Å². The molecule has 12 rings (SSSR count). The fourth-order valence-corrected chi connectivity index (χ4v) is 8.91. The number of aromatic nitrogens is 2. The molecule has 3 heterocycles. The standard InChI is InChI=1S/C54H34N2S/c1-3-15-35(16-4-1)37-19-11-20-39(33-37)55-47-27-9-7-21-42(47)44-25-12-24-41(53(44)55)38-31-32-49-46(34-38)43-22-8-10-28-48(43)56(49)50-29-13-26-45-52-40(36-17-5-2-6-18-36)23-14-30-51(52)57-54(45)50/h1-34H/i2D,5D,6D,7D,8D,10D,12D,13D,14D,17D,18D,21D,22D,23D,24D,25D,27D,29D,30D,32D,34D. The van der Waals surface area contributed by atoms with Crippen molar-refractivity contribution in [3.8, 4) is 44.8 Å². The summed E-state index contributed by atoms with van der Waals surface area (Å²) in [5.41, 5.74) is 0.412. The molecule has 0 spiro atoms. The summed E-state index contributed by atoms with van der Waals surface area (Å²) in [5.74, 6) is 0. The van der Waals surface area contributed by atoms with Gasteiger partial charge in [-0.05, 0) is 76.2 Å². The van der Waals surface area contributed by atoms with Gasteiger partial charge in [-0.3, -0.25) is 0 Å². The van der Waals surface area contributed by atoms with Crippen LogP contribution in [-0.4, -0.2) is 9.13 Å². The number of para-hydroxylation sites is 3. The highest BCUT2D eigenvalue weighted by Gasteiger charge is 2.21. The molecule has 3 aromatic heterocycles. The molecule has 0 unspecified atom stereocenters. The lowest BCUT2D eigenvalue weighted by atomic mass is 9.99. The summed E-state index contributed by atoms with van der Waals surface area (Å²) in [5, 5.41) is -0.468. The summed E-state index contributed by atoms with van der Waals surface area (Å²) in [6, 6.07) is 9.81. The molecule has 57 heavy (non-hydrogen) atoms. The van der Waals surface area contributed by atoms with Gasteiger partial charge in [0.15, 0.2) is 0 Å². The zero-order valence-electron chi connectivity index (χ0n) is 50.3. The predicted molar refractivity (Wildman–Crippen MR) is 244 cm³/mol. The van der Waals surface area contributed by atoms with E-state index >= 15 is 0 Å². The van der Waals surface area contributed by atoms with Crippen LogP contribution in [0.4, 0.5) is 0 Å². The molecule has 266 valence electrons. The maximum absolute atomic E-state index is 10.2. The average Bonchev–Trinajstić information content (AvgIpc) is 2.98. The number of thiophene rings is 1. The van der Waals surface area contributed by atoms with Crippen LogP contribution in [-0.2, 0) is 0 Å². The van der Waals surface area contributed by atoms with E-state index in [4.69, 9.17) is 15.1 Å². The quantitative estimate of drug-likeness (QED) is 0.165. The Morgan fingerprint density at radius 3 is 2.14 bits per heavy atom. The highest BCUT2D eigenvalue weighted by Crippen LogP contribution is 2.45. The van der Waals surface area contributed by atoms with Gasteiger partial charge < -0.3 is 9.13 Å². The van der Waals surface area contributed by atoms with Crippen molar-refractivity contribution >= 4 is 75.1 Å². The van der Waals surface area contributed by atoms with Crippen molar-refractivity contribution in [3.05, 3.63) is 206 Å². The minimum atomic E-state index is -0.726. The lowest BCUT2D eigenvalue weighted by molar-refractivity contribution is 1.18. The van der Waals surface area contributed by atoms with E-state index in [9.17, 15) is 13.7 Å². The monoisotopic (exact) mass is 763 g/mol. The van der Waals surface area contributed by atoms with Gasteiger partial charge in [0.25, 0.3) is 0 Å². The Hall–Kier alpha value is -7.20. The van der Waals surface area contributed by atoms with E-state index in [1.165, 1.54) is 28.8 Å². The first kappa shape index (κ1) is 17.7. The SMILES string of the molecule is [2H]c1cc2c(sc3c([2H])c([2H])c([2H])c(-c4c([2H])c([2H])c([2H])c([2H])c4[2H])c32)c(-n2c3cc([2H])c([2H])c([2H])c3c3c([2H])c(-c4c([2H])c([2H])c([2H])c5c6c([2H])c([2H])cc([2H])c6n(-c6cccc(-c7ccccc7)c6)c45)cc([2H])c32)c1[2H]. The molecule has 0 radical (unpaired) electrons. The molecule has 0 atom stereocenters. The zero-order valence-corrected chi connectivity index (χ0v) is 30.1. The fourth-order valence-electron chi connectivity index (χ4n) is 7.78. The third-order valence-corrected chi connectivity index (χ3v) is 11.3. The van der Waals surface area contributed by atoms with Crippen LogP contribution in [0.2, 0.25) is 0 Å². The molecular formula is C54H34N2S. The van der Waals surface area contributed by atoms with Crippen LogP contribution in [0.3, 0.4) is 0 Å². The molecule has 2 nitrogen and oxygen atoms in total. The second-order valence-electron chi connectivity index (χ2n) is 13.3. The largest absolute Gasteiger partial charge is 0.309 e. The summed E-state index contributed by atoms with van der Waals surface area (Å²) < 4.78 is 195. The van der Waals surface area contributed by atoms with Crippen LogP contribution in [0.1, 0.15) is 28.8 Å². The van der Waals surface area contributed by atoms with Gasteiger partial charge in [-0.25, -0.2) is 0 Å². The third-order valence-electron chi connectivity index (χ3n) is 10.2. The lowest BCUT2D eigenvalue weighted by Crippen LogP contribution is -1.96. The summed E-state index contributed by atoms with van der Waals surface area (Å²) in [4.78, 5) is 0. The molecule has 12 aromatic rings.